The lowest BCUT2D eigenvalue weighted by atomic mass is 9.83. The standard InChI is InChI=1S/C18H36N2O/c1-17(2,3)19-14-18(9-4-5-10-18)15-20-11-6-7-16(13-20)8-12-21/h16,19,21H,4-15H2,1-3H3. The number of rotatable bonds is 6. The highest BCUT2D eigenvalue weighted by Gasteiger charge is 2.37. The highest BCUT2D eigenvalue weighted by molar-refractivity contribution is 4.92. The lowest BCUT2D eigenvalue weighted by molar-refractivity contribution is 0.0894. The molecule has 1 aliphatic heterocycles. The SMILES string of the molecule is CC(C)(C)NCC1(CN2CCCC(CCO)C2)CCCC1. The number of aliphatic hydroxyl groups is 1. The van der Waals surface area contributed by atoms with Crippen molar-refractivity contribution in [3.63, 3.8) is 0 Å². The van der Waals surface area contributed by atoms with E-state index in [2.05, 4.69) is 31.0 Å². The van der Waals surface area contributed by atoms with Crippen LogP contribution in [0, 0.1) is 11.3 Å². The molecular formula is C18H36N2O. The maximum atomic E-state index is 9.18. The van der Waals surface area contributed by atoms with E-state index in [0.29, 0.717) is 12.0 Å². The van der Waals surface area contributed by atoms with Crippen LogP contribution in [0.25, 0.3) is 0 Å². The minimum absolute atomic E-state index is 0.219. The van der Waals surface area contributed by atoms with Crippen LogP contribution in [0.2, 0.25) is 0 Å². The third kappa shape index (κ3) is 5.54. The van der Waals surface area contributed by atoms with Crippen LogP contribution in [0.4, 0.5) is 0 Å². The summed E-state index contributed by atoms with van der Waals surface area (Å²) in [5.41, 5.74) is 0.714. The summed E-state index contributed by atoms with van der Waals surface area (Å²) in [6.45, 7) is 12.1. The molecule has 0 bridgehead atoms. The van der Waals surface area contributed by atoms with Gasteiger partial charge >= 0.3 is 0 Å². The Balaban J connectivity index is 1.89. The fraction of sp³-hybridized carbons (Fsp3) is 1.00. The van der Waals surface area contributed by atoms with E-state index in [9.17, 15) is 5.11 Å². The molecule has 124 valence electrons. The molecule has 0 aromatic rings. The van der Waals surface area contributed by atoms with Crippen molar-refractivity contribution in [2.45, 2.75) is 71.3 Å². The zero-order valence-electron chi connectivity index (χ0n) is 14.5. The van der Waals surface area contributed by atoms with Crippen molar-refractivity contribution in [1.29, 1.82) is 0 Å². The third-order valence-corrected chi connectivity index (χ3v) is 5.36. The van der Waals surface area contributed by atoms with Gasteiger partial charge in [0.25, 0.3) is 0 Å². The van der Waals surface area contributed by atoms with Gasteiger partial charge in [0.15, 0.2) is 0 Å². The number of hydrogen-bond donors (Lipinski definition) is 2. The van der Waals surface area contributed by atoms with Crippen molar-refractivity contribution in [1.82, 2.24) is 10.2 Å². The molecule has 0 radical (unpaired) electrons. The number of nitrogens with zero attached hydrogens (tertiary/aromatic N) is 1. The highest BCUT2D eigenvalue weighted by Crippen LogP contribution is 2.39. The largest absolute Gasteiger partial charge is 0.396 e. The maximum absolute atomic E-state index is 9.18. The summed E-state index contributed by atoms with van der Waals surface area (Å²) in [6.07, 6.45) is 9.19. The van der Waals surface area contributed by atoms with Gasteiger partial charge in [0.2, 0.25) is 0 Å². The molecule has 1 saturated carbocycles. The van der Waals surface area contributed by atoms with Crippen molar-refractivity contribution in [3.8, 4) is 0 Å². The second kappa shape index (κ2) is 7.43. The van der Waals surface area contributed by atoms with Crippen molar-refractivity contribution in [3.05, 3.63) is 0 Å². The van der Waals surface area contributed by atoms with Gasteiger partial charge in [0.05, 0.1) is 0 Å². The Hall–Kier alpha value is -0.120. The van der Waals surface area contributed by atoms with Gasteiger partial charge in [0, 0.05) is 31.8 Å². The molecule has 0 spiro atoms. The van der Waals surface area contributed by atoms with Gasteiger partial charge < -0.3 is 15.3 Å². The first-order valence-electron chi connectivity index (χ1n) is 9.01. The van der Waals surface area contributed by atoms with Gasteiger partial charge in [-0.05, 0) is 70.8 Å². The minimum Gasteiger partial charge on any atom is -0.396 e. The van der Waals surface area contributed by atoms with Crippen LogP contribution in [-0.2, 0) is 0 Å². The summed E-state index contributed by atoms with van der Waals surface area (Å²) in [4.78, 5) is 2.69. The van der Waals surface area contributed by atoms with E-state index >= 15 is 0 Å². The molecule has 1 atom stereocenters. The van der Waals surface area contributed by atoms with Crippen LogP contribution in [0.3, 0.4) is 0 Å². The zero-order valence-corrected chi connectivity index (χ0v) is 14.5. The zero-order chi connectivity index (χ0) is 15.3. The van der Waals surface area contributed by atoms with Gasteiger partial charge in [-0.2, -0.15) is 0 Å². The number of piperidine rings is 1. The first-order chi connectivity index (χ1) is 9.92. The Kier molecular flexibility index (Phi) is 6.10. The molecule has 2 aliphatic rings. The predicted octanol–water partition coefficient (Wildman–Crippen LogP) is 3.03. The molecule has 21 heavy (non-hydrogen) atoms. The van der Waals surface area contributed by atoms with Crippen LogP contribution in [-0.4, -0.2) is 48.3 Å². The maximum Gasteiger partial charge on any atom is 0.0434 e. The Morgan fingerprint density at radius 2 is 1.90 bits per heavy atom. The summed E-state index contributed by atoms with van der Waals surface area (Å²) in [5, 5.41) is 12.9. The molecule has 0 amide bonds. The second-order valence-corrected chi connectivity index (χ2v) is 8.57. The number of aliphatic hydroxyl groups excluding tert-OH is 1. The molecule has 1 heterocycles. The summed E-state index contributed by atoms with van der Waals surface area (Å²) in [5.74, 6) is 0.720. The van der Waals surface area contributed by atoms with Gasteiger partial charge in [-0.25, -0.2) is 0 Å². The van der Waals surface area contributed by atoms with E-state index in [1.807, 2.05) is 0 Å². The molecule has 0 aromatic heterocycles. The molecule has 3 nitrogen and oxygen atoms in total. The quantitative estimate of drug-likeness (QED) is 0.791. The Labute approximate surface area is 131 Å². The first kappa shape index (κ1) is 17.2. The van der Waals surface area contributed by atoms with Crippen LogP contribution < -0.4 is 5.32 Å². The molecule has 1 unspecified atom stereocenters. The Morgan fingerprint density at radius 1 is 1.19 bits per heavy atom. The van der Waals surface area contributed by atoms with E-state index in [1.54, 1.807) is 0 Å². The van der Waals surface area contributed by atoms with Gasteiger partial charge in [-0.15, -0.1) is 0 Å². The van der Waals surface area contributed by atoms with E-state index in [0.717, 1.165) is 18.9 Å². The third-order valence-electron chi connectivity index (χ3n) is 5.36. The lowest BCUT2D eigenvalue weighted by Crippen LogP contribution is -2.49. The number of nitrogens with one attached hydrogen (secondary N) is 1. The second-order valence-electron chi connectivity index (χ2n) is 8.57. The van der Waals surface area contributed by atoms with Crippen LogP contribution >= 0.6 is 0 Å². The van der Waals surface area contributed by atoms with Crippen molar-refractivity contribution >= 4 is 0 Å². The van der Waals surface area contributed by atoms with Crippen LogP contribution in [0.5, 0.6) is 0 Å². The fourth-order valence-corrected chi connectivity index (χ4v) is 4.16. The summed E-state index contributed by atoms with van der Waals surface area (Å²) < 4.78 is 0. The lowest BCUT2D eigenvalue weighted by Gasteiger charge is -2.41. The summed E-state index contributed by atoms with van der Waals surface area (Å²) in [6, 6.07) is 0. The molecule has 3 heteroatoms. The molecule has 2 N–H and O–H groups in total. The summed E-state index contributed by atoms with van der Waals surface area (Å²) in [7, 11) is 0. The minimum atomic E-state index is 0.219. The molecule has 0 aromatic carbocycles. The Bertz CT molecular complexity index is 303. The molecule has 1 aliphatic carbocycles. The van der Waals surface area contributed by atoms with E-state index < -0.39 is 0 Å². The number of hydrogen-bond acceptors (Lipinski definition) is 3. The van der Waals surface area contributed by atoms with Gasteiger partial charge in [-0.3, -0.25) is 0 Å². The normalized spacial score (nSPS) is 27.1. The van der Waals surface area contributed by atoms with E-state index in [1.165, 1.54) is 58.2 Å². The van der Waals surface area contributed by atoms with Crippen molar-refractivity contribution in [2.75, 3.05) is 32.8 Å². The predicted molar refractivity (Wildman–Crippen MR) is 89.5 cm³/mol. The molecule has 2 fully saturated rings. The smallest absolute Gasteiger partial charge is 0.0434 e. The molecule has 2 rings (SSSR count). The fourth-order valence-electron chi connectivity index (χ4n) is 4.16. The van der Waals surface area contributed by atoms with E-state index in [4.69, 9.17) is 0 Å². The molecular weight excluding hydrogens is 260 g/mol. The van der Waals surface area contributed by atoms with Crippen molar-refractivity contribution in [2.24, 2.45) is 11.3 Å². The average Bonchev–Trinajstić information content (AvgIpc) is 2.86. The van der Waals surface area contributed by atoms with Crippen LogP contribution in [0.15, 0.2) is 0 Å². The number of likely N-dealkylation sites (tertiary alicyclic amines) is 1. The van der Waals surface area contributed by atoms with E-state index in [-0.39, 0.29) is 5.54 Å². The highest BCUT2D eigenvalue weighted by atomic mass is 16.3. The van der Waals surface area contributed by atoms with Crippen LogP contribution in [0.1, 0.15) is 65.7 Å². The topological polar surface area (TPSA) is 35.5 Å². The monoisotopic (exact) mass is 296 g/mol. The first-order valence-corrected chi connectivity index (χ1v) is 9.01. The average molecular weight is 296 g/mol. The van der Waals surface area contributed by atoms with Crippen molar-refractivity contribution < 1.29 is 5.11 Å². The molecule has 1 saturated heterocycles. The Morgan fingerprint density at radius 3 is 2.52 bits per heavy atom. The summed E-state index contributed by atoms with van der Waals surface area (Å²) >= 11 is 0. The van der Waals surface area contributed by atoms with Gasteiger partial charge in [-0.1, -0.05) is 12.8 Å². The van der Waals surface area contributed by atoms with Gasteiger partial charge in [0.1, 0.15) is 0 Å².